The van der Waals surface area contributed by atoms with Crippen LogP contribution in [0.2, 0.25) is 20.1 Å². The van der Waals surface area contributed by atoms with Gasteiger partial charge in [-0.3, -0.25) is 13.9 Å². The van der Waals surface area contributed by atoms with Crippen molar-refractivity contribution in [3.8, 4) is 0 Å². The summed E-state index contributed by atoms with van der Waals surface area (Å²) < 4.78 is 28.7. The highest BCUT2D eigenvalue weighted by Crippen LogP contribution is 2.31. The van der Waals surface area contributed by atoms with Crippen molar-refractivity contribution >= 4 is 73.9 Å². The lowest BCUT2D eigenvalue weighted by Gasteiger charge is -2.34. The monoisotopic (exact) mass is 657 g/mol. The number of sulfonamides is 1. The smallest absolute Gasteiger partial charge is 0.264 e. The molecule has 2 amide bonds. The molecule has 41 heavy (non-hydrogen) atoms. The highest BCUT2D eigenvalue weighted by atomic mass is 35.5. The largest absolute Gasteiger partial charge is 0.352 e. The number of nitrogens with zero attached hydrogens (tertiary/aromatic N) is 2. The van der Waals surface area contributed by atoms with E-state index in [0.717, 1.165) is 4.31 Å². The first kappa shape index (κ1) is 33.0. The first-order valence-corrected chi connectivity index (χ1v) is 15.9. The second-order valence-electron chi connectivity index (χ2n) is 9.42. The van der Waals surface area contributed by atoms with Crippen LogP contribution in [-0.4, -0.2) is 43.8 Å². The minimum Gasteiger partial charge on any atom is -0.352 e. The van der Waals surface area contributed by atoms with Gasteiger partial charge in [-0.1, -0.05) is 84.5 Å². The molecule has 2 atom stereocenters. The molecule has 3 aromatic carbocycles. The Hall–Kier alpha value is -2.49. The molecule has 0 unspecified atom stereocenters. The van der Waals surface area contributed by atoms with Crippen LogP contribution in [0.5, 0.6) is 0 Å². The van der Waals surface area contributed by atoms with Crippen molar-refractivity contribution in [1.29, 1.82) is 0 Å². The fourth-order valence-electron chi connectivity index (χ4n) is 4.15. The maximum absolute atomic E-state index is 14.1. The van der Waals surface area contributed by atoms with E-state index in [1.54, 1.807) is 43.3 Å². The number of nitrogens with one attached hydrogen (secondary N) is 1. The van der Waals surface area contributed by atoms with Crippen LogP contribution < -0.4 is 9.62 Å². The molecule has 0 saturated carbocycles. The van der Waals surface area contributed by atoms with E-state index < -0.39 is 28.5 Å². The van der Waals surface area contributed by atoms with Crippen molar-refractivity contribution in [1.82, 2.24) is 10.2 Å². The van der Waals surface area contributed by atoms with Gasteiger partial charge in [0, 0.05) is 38.2 Å². The number of halogens is 4. The molecule has 0 spiro atoms. The Morgan fingerprint density at radius 2 is 1.44 bits per heavy atom. The zero-order chi connectivity index (χ0) is 30.3. The molecular formula is C29H31Cl4N3O4S. The van der Waals surface area contributed by atoms with Gasteiger partial charge in [-0.25, -0.2) is 8.42 Å². The topological polar surface area (TPSA) is 86.8 Å². The Morgan fingerprint density at radius 1 is 0.854 bits per heavy atom. The summed E-state index contributed by atoms with van der Waals surface area (Å²) in [7, 11) is -4.27. The van der Waals surface area contributed by atoms with Gasteiger partial charge >= 0.3 is 0 Å². The molecular weight excluding hydrogens is 628 g/mol. The van der Waals surface area contributed by atoms with E-state index in [1.807, 2.05) is 13.8 Å². The van der Waals surface area contributed by atoms with Crippen LogP contribution in [0.25, 0.3) is 0 Å². The zero-order valence-corrected chi connectivity index (χ0v) is 26.6. The van der Waals surface area contributed by atoms with Crippen LogP contribution in [0.15, 0.2) is 71.6 Å². The van der Waals surface area contributed by atoms with Gasteiger partial charge in [-0.15, -0.1) is 0 Å². The molecule has 0 fully saturated rings. The lowest BCUT2D eigenvalue weighted by Crippen LogP contribution is -2.53. The van der Waals surface area contributed by atoms with Crippen LogP contribution >= 0.6 is 46.4 Å². The normalized spacial score (nSPS) is 12.9. The maximum Gasteiger partial charge on any atom is 0.264 e. The molecule has 0 heterocycles. The van der Waals surface area contributed by atoms with Gasteiger partial charge in [0.25, 0.3) is 10.0 Å². The number of anilines is 1. The van der Waals surface area contributed by atoms with Crippen LogP contribution in [0.3, 0.4) is 0 Å². The SMILES string of the molecule is CC[C@@H](C)NC(=O)[C@H](CC)N(Cc1c(Cl)cccc1Cl)C(=O)CN(c1cc(Cl)cc(Cl)c1)S(=O)(=O)c1ccccc1. The molecule has 3 aromatic rings. The summed E-state index contributed by atoms with van der Waals surface area (Å²) in [5, 5.41) is 3.91. The highest BCUT2D eigenvalue weighted by molar-refractivity contribution is 7.92. The summed E-state index contributed by atoms with van der Waals surface area (Å²) in [6.07, 6.45) is 0.940. The standard InChI is InChI=1S/C29H31Cl4N3O4S/c1-4-19(3)34-29(38)27(5-2)35(17-24-25(32)12-9-13-26(24)33)28(37)18-36(22-15-20(30)14-21(31)16-22)41(39,40)23-10-7-6-8-11-23/h6-16,19,27H,4-5,17-18H2,1-3H3,(H,34,38)/t19-,27+/m1/s1. The van der Waals surface area contributed by atoms with Crippen LogP contribution in [0.4, 0.5) is 5.69 Å². The quantitative estimate of drug-likeness (QED) is 0.223. The molecule has 1 N–H and O–H groups in total. The molecule has 0 saturated heterocycles. The maximum atomic E-state index is 14.1. The average Bonchev–Trinajstić information content (AvgIpc) is 2.92. The Morgan fingerprint density at radius 3 is 1.98 bits per heavy atom. The van der Waals surface area contributed by atoms with Gasteiger partial charge in [0.15, 0.2) is 0 Å². The van der Waals surface area contributed by atoms with E-state index in [4.69, 9.17) is 46.4 Å². The minimum atomic E-state index is -4.27. The summed E-state index contributed by atoms with van der Waals surface area (Å²) in [5.41, 5.74) is 0.523. The Balaban J connectivity index is 2.12. The molecule has 12 heteroatoms. The van der Waals surface area contributed by atoms with Crippen molar-refractivity contribution in [3.05, 3.63) is 92.4 Å². The van der Waals surface area contributed by atoms with Gasteiger partial charge in [0.2, 0.25) is 11.8 Å². The number of amides is 2. The molecule has 0 aliphatic carbocycles. The third-order valence-electron chi connectivity index (χ3n) is 6.52. The van der Waals surface area contributed by atoms with Gasteiger partial charge in [-0.05, 0) is 62.2 Å². The Bertz CT molecular complexity index is 1450. The predicted molar refractivity (Wildman–Crippen MR) is 166 cm³/mol. The number of rotatable bonds is 12. The summed E-state index contributed by atoms with van der Waals surface area (Å²) in [6, 6.07) is 15.8. The van der Waals surface area contributed by atoms with Crippen LogP contribution in [-0.2, 0) is 26.2 Å². The number of hydrogen-bond acceptors (Lipinski definition) is 4. The molecule has 220 valence electrons. The zero-order valence-electron chi connectivity index (χ0n) is 22.8. The third kappa shape index (κ3) is 8.30. The Labute approximate surface area is 261 Å². The van der Waals surface area contributed by atoms with Gasteiger partial charge in [0.05, 0.1) is 10.6 Å². The van der Waals surface area contributed by atoms with Crippen molar-refractivity contribution in [2.75, 3.05) is 10.8 Å². The predicted octanol–water partition coefficient (Wildman–Crippen LogP) is 7.22. The van der Waals surface area contributed by atoms with Gasteiger partial charge in [-0.2, -0.15) is 0 Å². The summed E-state index contributed by atoms with van der Waals surface area (Å²) >= 11 is 25.3. The summed E-state index contributed by atoms with van der Waals surface area (Å²) in [5.74, 6) is -1.02. The van der Waals surface area contributed by atoms with Crippen molar-refractivity contribution in [2.45, 2.75) is 57.1 Å². The molecule has 0 aliphatic rings. The van der Waals surface area contributed by atoms with E-state index >= 15 is 0 Å². The number of benzene rings is 3. The molecule has 0 radical (unpaired) electrons. The van der Waals surface area contributed by atoms with Crippen LogP contribution in [0.1, 0.15) is 39.2 Å². The second kappa shape index (κ2) is 14.6. The molecule has 7 nitrogen and oxygen atoms in total. The van der Waals surface area contributed by atoms with E-state index in [0.29, 0.717) is 22.0 Å². The van der Waals surface area contributed by atoms with Crippen molar-refractivity contribution < 1.29 is 18.0 Å². The van der Waals surface area contributed by atoms with Gasteiger partial charge < -0.3 is 10.2 Å². The van der Waals surface area contributed by atoms with Crippen molar-refractivity contribution in [2.24, 2.45) is 0 Å². The fourth-order valence-corrected chi connectivity index (χ4v) is 6.60. The third-order valence-corrected chi connectivity index (χ3v) is 9.46. The van der Waals surface area contributed by atoms with Gasteiger partial charge in [0.1, 0.15) is 12.6 Å². The number of carbonyl (C=O) groups excluding carboxylic acids is 2. The summed E-state index contributed by atoms with van der Waals surface area (Å²) in [6.45, 7) is 4.78. The molecule has 0 aliphatic heterocycles. The number of carbonyl (C=O) groups is 2. The van der Waals surface area contributed by atoms with E-state index in [-0.39, 0.29) is 45.5 Å². The first-order valence-electron chi connectivity index (χ1n) is 13.0. The molecule has 0 bridgehead atoms. The Kier molecular flexibility index (Phi) is 11.8. The highest BCUT2D eigenvalue weighted by Gasteiger charge is 2.34. The molecule has 3 rings (SSSR count). The van der Waals surface area contributed by atoms with E-state index in [2.05, 4.69) is 5.32 Å². The first-order chi connectivity index (χ1) is 19.4. The van der Waals surface area contributed by atoms with Crippen LogP contribution in [0, 0.1) is 0 Å². The molecule has 0 aromatic heterocycles. The minimum absolute atomic E-state index is 0.0360. The fraction of sp³-hybridized carbons (Fsp3) is 0.310. The average molecular weight is 659 g/mol. The summed E-state index contributed by atoms with van der Waals surface area (Å²) in [4.78, 5) is 28.8. The second-order valence-corrected chi connectivity index (χ2v) is 13.0. The number of hydrogen-bond donors (Lipinski definition) is 1. The lowest BCUT2D eigenvalue weighted by atomic mass is 10.1. The van der Waals surface area contributed by atoms with E-state index in [1.165, 1.54) is 35.2 Å². The van der Waals surface area contributed by atoms with Crippen molar-refractivity contribution in [3.63, 3.8) is 0 Å². The lowest BCUT2D eigenvalue weighted by molar-refractivity contribution is -0.140. The van der Waals surface area contributed by atoms with E-state index in [9.17, 15) is 18.0 Å².